The number of ether oxygens (including phenoxy) is 2. The predicted molar refractivity (Wildman–Crippen MR) is 124 cm³/mol. The van der Waals surface area contributed by atoms with Gasteiger partial charge < -0.3 is 24.3 Å². The number of anilines is 1. The second kappa shape index (κ2) is 7.94. The third kappa shape index (κ3) is 3.29. The van der Waals surface area contributed by atoms with Crippen LogP contribution in [0.25, 0.3) is 10.9 Å². The number of para-hydroxylation sites is 1. The number of amides is 1. The van der Waals surface area contributed by atoms with E-state index in [2.05, 4.69) is 46.3 Å². The fourth-order valence-corrected chi connectivity index (χ4v) is 5.55. The van der Waals surface area contributed by atoms with Crippen LogP contribution in [0.1, 0.15) is 34.5 Å². The molecule has 2 fully saturated rings. The van der Waals surface area contributed by atoms with Gasteiger partial charge in [-0.3, -0.25) is 4.79 Å². The monoisotopic (exact) mass is 431 g/mol. The van der Waals surface area contributed by atoms with E-state index in [1.165, 1.54) is 22.2 Å². The number of carbonyl (C=O) groups is 1. The van der Waals surface area contributed by atoms with Gasteiger partial charge in [-0.2, -0.15) is 0 Å². The van der Waals surface area contributed by atoms with Crippen LogP contribution in [0.5, 0.6) is 0 Å². The van der Waals surface area contributed by atoms with Gasteiger partial charge in [0.25, 0.3) is 5.91 Å². The molecule has 0 saturated carbocycles. The summed E-state index contributed by atoms with van der Waals surface area (Å²) in [6.07, 6.45) is 2.59. The number of rotatable bonds is 2. The number of benzene rings is 2. The van der Waals surface area contributed by atoms with E-state index in [0.717, 1.165) is 63.4 Å². The summed E-state index contributed by atoms with van der Waals surface area (Å²) in [7, 11) is 0. The molecule has 166 valence electrons. The van der Waals surface area contributed by atoms with E-state index in [4.69, 9.17) is 9.47 Å². The van der Waals surface area contributed by atoms with Crippen molar-refractivity contribution in [2.75, 3.05) is 50.9 Å². The summed E-state index contributed by atoms with van der Waals surface area (Å²) in [6.45, 7) is 5.48. The molecule has 2 saturated heterocycles. The molecule has 3 aliphatic rings. The van der Waals surface area contributed by atoms with Gasteiger partial charge in [0.2, 0.25) is 0 Å². The minimum atomic E-state index is -0.302. The Labute approximate surface area is 188 Å². The first-order valence-corrected chi connectivity index (χ1v) is 11.7. The zero-order chi connectivity index (χ0) is 21.5. The molecule has 0 unspecified atom stereocenters. The maximum absolute atomic E-state index is 13.2. The molecule has 6 nitrogen and oxygen atoms in total. The summed E-state index contributed by atoms with van der Waals surface area (Å²) in [5.74, 6) is 0.112. The number of aromatic amines is 1. The number of piperidine rings is 1. The first-order chi connectivity index (χ1) is 15.7. The molecule has 0 atom stereocenters. The molecule has 3 aliphatic heterocycles. The molecule has 0 bridgehead atoms. The van der Waals surface area contributed by atoms with Gasteiger partial charge in [-0.1, -0.05) is 18.2 Å². The Hall–Kier alpha value is -2.83. The number of hydrogen-bond acceptors (Lipinski definition) is 4. The third-order valence-corrected chi connectivity index (χ3v) is 7.35. The lowest BCUT2D eigenvalue weighted by molar-refractivity contribution is -0.0957. The summed E-state index contributed by atoms with van der Waals surface area (Å²) in [5.41, 5.74) is 5.42. The first kappa shape index (κ1) is 19.8. The van der Waals surface area contributed by atoms with Crippen molar-refractivity contribution in [3.63, 3.8) is 0 Å². The molecule has 32 heavy (non-hydrogen) atoms. The van der Waals surface area contributed by atoms with Crippen LogP contribution < -0.4 is 4.90 Å². The Morgan fingerprint density at radius 3 is 2.44 bits per heavy atom. The SMILES string of the molecule is O=C(c1ccc(N2CCOCC2)cc1)N1CCC2(CC1)OCCc1c2[nH]c2ccccc12. The lowest BCUT2D eigenvalue weighted by Crippen LogP contribution is -2.48. The molecular weight excluding hydrogens is 402 g/mol. The molecule has 1 N–H and O–H groups in total. The number of carbonyl (C=O) groups excluding carboxylic acids is 1. The van der Waals surface area contributed by atoms with Crippen LogP contribution in [-0.2, 0) is 21.5 Å². The number of hydrogen-bond donors (Lipinski definition) is 1. The topological polar surface area (TPSA) is 57.8 Å². The second-order valence-corrected chi connectivity index (χ2v) is 9.06. The van der Waals surface area contributed by atoms with Crippen LogP contribution in [0.4, 0.5) is 5.69 Å². The van der Waals surface area contributed by atoms with E-state index < -0.39 is 0 Å². The highest BCUT2D eigenvalue weighted by Crippen LogP contribution is 2.43. The Kier molecular flexibility index (Phi) is 4.92. The molecule has 1 amide bonds. The summed E-state index contributed by atoms with van der Waals surface area (Å²) in [6, 6.07) is 16.6. The van der Waals surface area contributed by atoms with Gasteiger partial charge >= 0.3 is 0 Å². The number of morpholine rings is 1. The van der Waals surface area contributed by atoms with Gasteiger partial charge in [0, 0.05) is 48.3 Å². The molecular formula is C26H29N3O3. The fourth-order valence-electron chi connectivity index (χ4n) is 5.55. The van der Waals surface area contributed by atoms with Crippen molar-refractivity contribution >= 4 is 22.5 Å². The molecule has 6 heteroatoms. The Balaban J connectivity index is 1.17. The number of nitrogens with one attached hydrogen (secondary N) is 1. The molecule has 6 rings (SSSR count). The molecule has 0 aliphatic carbocycles. The number of fused-ring (bicyclic) bond motifs is 4. The molecule has 0 radical (unpaired) electrons. The van der Waals surface area contributed by atoms with Gasteiger partial charge in [0.05, 0.1) is 25.5 Å². The van der Waals surface area contributed by atoms with E-state index in [1.807, 2.05) is 17.0 Å². The lowest BCUT2D eigenvalue weighted by atomic mass is 9.83. The Bertz CT molecular complexity index is 1120. The molecule has 3 aromatic rings. The molecule has 4 heterocycles. The summed E-state index contributed by atoms with van der Waals surface area (Å²) in [4.78, 5) is 21.1. The minimum absolute atomic E-state index is 0.112. The number of likely N-dealkylation sites (tertiary alicyclic amines) is 1. The zero-order valence-electron chi connectivity index (χ0n) is 18.3. The van der Waals surface area contributed by atoms with Gasteiger partial charge in [0.15, 0.2) is 0 Å². The Morgan fingerprint density at radius 1 is 0.906 bits per heavy atom. The second-order valence-electron chi connectivity index (χ2n) is 9.06. The van der Waals surface area contributed by atoms with Crippen molar-refractivity contribution in [3.05, 3.63) is 65.4 Å². The minimum Gasteiger partial charge on any atom is -0.378 e. The van der Waals surface area contributed by atoms with Crippen LogP contribution in [0, 0.1) is 0 Å². The maximum atomic E-state index is 13.2. The van der Waals surface area contributed by atoms with E-state index >= 15 is 0 Å². The molecule has 1 aromatic heterocycles. The van der Waals surface area contributed by atoms with Gasteiger partial charge in [-0.05, 0) is 55.2 Å². The quantitative estimate of drug-likeness (QED) is 0.672. The normalized spacial score (nSPS) is 20.5. The Morgan fingerprint density at radius 2 is 1.66 bits per heavy atom. The summed E-state index contributed by atoms with van der Waals surface area (Å²) in [5, 5.41) is 1.31. The molecule has 1 spiro atoms. The lowest BCUT2D eigenvalue weighted by Gasteiger charge is -2.43. The van der Waals surface area contributed by atoms with Crippen molar-refractivity contribution in [2.24, 2.45) is 0 Å². The van der Waals surface area contributed by atoms with Gasteiger partial charge in [0.1, 0.15) is 5.60 Å². The van der Waals surface area contributed by atoms with Crippen molar-refractivity contribution in [3.8, 4) is 0 Å². The standard InChI is InChI=1S/C26H29N3O3/c30-25(19-5-7-20(8-6-19)28-14-17-31-18-15-28)29-12-10-26(11-13-29)24-22(9-16-32-26)21-3-1-2-4-23(21)27-24/h1-8,27H,9-18H2. The maximum Gasteiger partial charge on any atom is 0.253 e. The van der Waals surface area contributed by atoms with Crippen molar-refractivity contribution in [1.29, 1.82) is 0 Å². The predicted octanol–water partition coefficient (Wildman–Crippen LogP) is 3.71. The van der Waals surface area contributed by atoms with E-state index in [1.54, 1.807) is 0 Å². The van der Waals surface area contributed by atoms with Crippen LogP contribution in [0.2, 0.25) is 0 Å². The van der Waals surface area contributed by atoms with Crippen LogP contribution >= 0.6 is 0 Å². The van der Waals surface area contributed by atoms with Crippen molar-refractivity contribution in [2.45, 2.75) is 24.9 Å². The highest BCUT2D eigenvalue weighted by Gasteiger charge is 2.43. The van der Waals surface area contributed by atoms with Crippen LogP contribution in [0.15, 0.2) is 48.5 Å². The highest BCUT2D eigenvalue weighted by molar-refractivity contribution is 5.94. The van der Waals surface area contributed by atoms with Crippen LogP contribution in [-0.4, -0.2) is 61.8 Å². The number of H-pyrrole nitrogens is 1. The smallest absolute Gasteiger partial charge is 0.253 e. The number of aromatic nitrogens is 1. The van der Waals surface area contributed by atoms with E-state index in [0.29, 0.717) is 13.1 Å². The van der Waals surface area contributed by atoms with Crippen molar-refractivity contribution < 1.29 is 14.3 Å². The largest absolute Gasteiger partial charge is 0.378 e. The third-order valence-electron chi connectivity index (χ3n) is 7.35. The van der Waals surface area contributed by atoms with Gasteiger partial charge in [-0.15, -0.1) is 0 Å². The fraction of sp³-hybridized carbons (Fsp3) is 0.423. The number of nitrogens with zero attached hydrogens (tertiary/aromatic N) is 2. The average molecular weight is 432 g/mol. The average Bonchev–Trinajstić information content (AvgIpc) is 3.25. The van der Waals surface area contributed by atoms with Crippen molar-refractivity contribution in [1.82, 2.24) is 9.88 Å². The first-order valence-electron chi connectivity index (χ1n) is 11.7. The van der Waals surface area contributed by atoms with E-state index in [9.17, 15) is 4.79 Å². The summed E-state index contributed by atoms with van der Waals surface area (Å²) >= 11 is 0. The van der Waals surface area contributed by atoms with Gasteiger partial charge in [-0.25, -0.2) is 0 Å². The zero-order valence-corrected chi connectivity index (χ0v) is 18.3. The van der Waals surface area contributed by atoms with E-state index in [-0.39, 0.29) is 11.5 Å². The van der Waals surface area contributed by atoms with Crippen LogP contribution in [0.3, 0.4) is 0 Å². The molecule has 2 aromatic carbocycles. The summed E-state index contributed by atoms with van der Waals surface area (Å²) < 4.78 is 11.8. The highest BCUT2D eigenvalue weighted by atomic mass is 16.5.